The summed E-state index contributed by atoms with van der Waals surface area (Å²) in [4.78, 5) is 2.50. The van der Waals surface area contributed by atoms with Crippen molar-refractivity contribution in [2.45, 2.75) is 11.7 Å². The van der Waals surface area contributed by atoms with E-state index in [4.69, 9.17) is 5.73 Å². The van der Waals surface area contributed by atoms with Crippen molar-refractivity contribution in [1.82, 2.24) is 4.98 Å². The third kappa shape index (κ3) is 2.81. The lowest BCUT2D eigenvalue weighted by atomic mass is 9.96. The molecular formula is C18H13F3N2. The van der Waals surface area contributed by atoms with Crippen LogP contribution in [0.25, 0.3) is 10.8 Å². The van der Waals surface area contributed by atoms with Crippen molar-refractivity contribution in [3.8, 4) is 11.8 Å². The molecule has 0 aliphatic heterocycles. The smallest absolute Gasteiger partial charge is 0.362 e. The van der Waals surface area contributed by atoms with Gasteiger partial charge in [0.05, 0.1) is 5.69 Å². The topological polar surface area (TPSA) is 41.8 Å². The molecular weight excluding hydrogens is 301 g/mol. The van der Waals surface area contributed by atoms with Crippen LogP contribution in [-0.2, 0) is 5.54 Å². The van der Waals surface area contributed by atoms with Crippen LogP contribution in [0.2, 0.25) is 0 Å². The molecule has 3 rings (SSSR count). The number of nitrogens with two attached hydrogens (primary N) is 1. The highest BCUT2D eigenvalue weighted by Crippen LogP contribution is 2.35. The first-order valence-corrected chi connectivity index (χ1v) is 6.92. The monoisotopic (exact) mass is 314 g/mol. The van der Waals surface area contributed by atoms with Gasteiger partial charge in [0.2, 0.25) is 5.54 Å². The number of fused-ring (bicyclic) bond motifs is 1. The summed E-state index contributed by atoms with van der Waals surface area (Å²) < 4.78 is 40.1. The number of hydrogen-bond acceptors (Lipinski definition) is 1. The van der Waals surface area contributed by atoms with Gasteiger partial charge in [-0.05, 0) is 35.0 Å². The minimum absolute atomic E-state index is 0.182. The van der Waals surface area contributed by atoms with Gasteiger partial charge in [-0.1, -0.05) is 42.2 Å². The number of alkyl halides is 3. The Bertz CT molecular complexity index is 886. The van der Waals surface area contributed by atoms with Gasteiger partial charge in [-0.15, -0.1) is 0 Å². The van der Waals surface area contributed by atoms with Crippen molar-refractivity contribution in [3.05, 3.63) is 72.1 Å². The van der Waals surface area contributed by atoms with Crippen LogP contribution in [0.4, 0.5) is 13.2 Å². The van der Waals surface area contributed by atoms with Gasteiger partial charge in [0, 0.05) is 11.8 Å². The average molecular weight is 314 g/mol. The second-order valence-electron chi connectivity index (χ2n) is 5.20. The predicted octanol–water partition coefficient (Wildman–Crippen LogP) is 3.94. The zero-order valence-electron chi connectivity index (χ0n) is 12.0. The van der Waals surface area contributed by atoms with Crippen molar-refractivity contribution < 1.29 is 13.2 Å². The molecule has 0 radical (unpaired) electrons. The van der Waals surface area contributed by atoms with Crippen LogP contribution in [0.15, 0.2) is 60.8 Å². The van der Waals surface area contributed by atoms with Crippen LogP contribution in [0.5, 0.6) is 0 Å². The van der Waals surface area contributed by atoms with Crippen LogP contribution in [0.1, 0.15) is 11.3 Å². The zero-order chi connectivity index (χ0) is 16.5. The maximum absolute atomic E-state index is 13.4. The summed E-state index contributed by atoms with van der Waals surface area (Å²) in [5.41, 5.74) is 3.14. The van der Waals surface area contributed by atoms with Gasteiger partial charge in [0.25, 0.3) is 0 Å². The van der Waals surface area contributed by atoms with E-state index in [0.29, 0.717) is 5.56 Å². The molecule has 116 valence electrons. The van der Waals surface area contributed by atoms with E-state index < -0.39 is 11.7 Å². The molecule has 0 saturated heterocycles. The minimum Gasteiger partial charge on any atom is -0.362 e. The predicted molar refractivity (Wildman–Crippen MR) is 83.5 cm³/mol. The molecule has 0 amide bonds. The Hall–Kier alpha value is -2.71. The first-order valence-electron chi connectivity index (χ1n) is 6.92. The van der Waals surface area contributed by atoms with Gasteiger partial charge in [-0.3, -0.25) is 0 Å². The number of H-pyrrole nitrogens is 1. The SMILES string of the molecule is N[C@](C#Cc1ccc2ccccc2c1)(c1ccc[nH]1)C(F)(F)F. The number of aromatic nitrogens is 1. The molecule has 3 N–H and O–H groups in total. The van der Waals surface area contributed by atoms with Crippen LogP contribution in [0.3, 0.4) is 0 Å². The quantitative estimate of drug-likeness (QED) is 0.657. The molecule has 0 aliphatic carbocycles. The first kappa shape index (κ1) is 15.2. The van der Waals surface area contributed by atoms with E-state index in [9.17, 15) is 13.2 Å². The van der Waals surface area contributed by atoms with Crippen molar-refractivity contribution in [2.24, 2.45) is 5.73 Å². The van der Waals surface area contributed by atoms with Crippen LogP contribution < -0.4 is 5.73 Å². The molecule has 1 aromatic heterocycles. The number of hydrogen-bond donors (Lipinski definition) is 2. The van der Waals surface area contributed by atoms with Gasteiger partial charge in [-0.25, -0.2) is 0 Å². The third-order valence-corrected chi connectivity index (χ3v) is 3.62. The summed E-state index contributed by atoms with van der Waals surface area (Å²) in [6.45, 7) is 0. The molecule has 0 spiro atoms. The third-order valence-electron chi connectivity index (χ3n) is 3.62. The average Bonchev–Trinajstić information content (AvgIpc) is 3.06. The Kier molecular flexibility index (Phi) is 3.63. The Balaban J connectivity index is 2.05. The Labute approximate surface area is 131 Å². The van der Waals surface area contributed by atoms with E-state index in [1.54, 1.807) is 12.1 Å². The Morgan fingerprint density at radius 3 is 2.30 bits per heavy atom. The molecule has 0 bridgehead atoms. The fraction of sp³-hybridized carbons (Fsp3) is 0.111. The molecule has 3 aromatic rings. The van der Waals surface area contributed by atoms with E-state index in [1.807, 2.05) is 30.3 Å². The normalized spacial score (nSPS) is 14.1. The number of benzene rings is 2. The Morgan fingerprint density at radius 1 is 0.913 bits per heavy atom. The van der Waals surface area contributed by atoms with E-state index >= 15 is 0 Å². The Morgan fingerprint density at radius 2 is 1.65 bits per heavy atom. The van der Waals surface area contributed by atoms with Crippen LogP contribution in [-0.4, -0.2) is 11.2 Å². The van der Waals surface area contributed by atoms with E-state index in [0.717, 1.165) is 10.8 Å². The fourth-order valence-corrected chi connectivity index (χ4v) is 2.30. The van der Waals surface area contributed by atoms with Gasteiger partial charge >= 0.3 is 6.18 Å². The summed E-state index contributed by atoms with van der Waals surface area (Å²) in [5.74, 6) is 4.75. The van der Waals surface area contributed by atoms with Crippen LogP contribution in [0, 0.1) is 11.8 Å². The van der Waals surface area contributed by atoms with Gasteiger partial charge < -0.3 is 10.7 Å². The highest BCUT2D eigenvalue weighted by Gasteiger charge is 2.53. The summed E-state index contributed by atoms with van der Waals surface area (Å²) >= 11 is 0. The molecule has 0 fully saturated rings. The molecule has 5 heteroatoms. The van der Waals surface area contributed by atoms with Crippen LogP contribution >= 0.6 is 0 Å². The highest BCUT2D eigenvalue weighted by molar-refractivity contribution is 5.83. The number of nitrogens with one attached hydrogen (secondary N) is 1. The van der Waals surface area contributed by atoms with E-state index in [2.05, 4.69) is 16.8 Å². The maximum atomic E-state index is 13.4. The highest BCUT2D eigenvalue weighted by atomic mass is 19.4. The minimum atomic E-state index is -4.69. The number of aromatic amines is 1. The molecule has 1 atom stereocenters. The largest absolute Gasteiger partial charge is 0.423 e. The summed E-state index contributed by atoms with van der Waals surface area (Å²) in [6, 6.07) is 15.5. The molecule has 0 unspecified atom stereocenters. The fourth-order valence-electron chi connectivity index (χ4n) is 2.30. The molecule has 0 aliphatic rings. The molecule has 0 saturated carbocycles. The maximum Gasteiger partial charge on any atom is 0.423 e. The van der Waals surface area contributed by atoms with E-state index in [1.165, 1.54) is 18.3 Å². The van der Waals surface area contributed by atoms with Crippen molar-refractivity contribution in [2.75, 3.05) is 0 Å². The standard InChI is InChI=1S/C18H13F3N2/c19-18(20,21)17(22,16-6-3-11-23-16)10-9-13-7-8-14-4-1-2-5-15(14)12-13/h1-8,11-12,23H,22H2/t17-/m1/s1. The van der Waals surface area contributed by atoms with Gasteiger partial charge in [-0.2, -0.15) is 13.2 Å². The second kappa shape index (κ2) is 5.49. The summed E-state index contributed by atoms with van der Waals surface area (Å²) in [5, 5.41) is 1.91. The molecule has 1 heterocycles. The lowest BCUT2D eigenvalue weighted by Crippen LogP contribution is -2.49. The number of halogens is 3. The van der Waals surface area contributed by atoms with Crippen molar-refractivity contribution in [1.29, 1.82) is 0 Å². The van der Waals surface area contributed by atoms with Gasteiger partial charge in [0.1, 0.15) is 0 Å². The lowest BCUT2D eigenvalue weighted by molar-refractivity contribution is -0.172. The van der Waals surface area contributed by atoms with E-state index in [-0.39, 0.29) is 5.69 Å². The lowest BCUT2D eigenvalue weighted by Gasteiger charge is -2.25. The first-order chi connectivity index (χ1) is 10.9. The summed E-state index contributed by atoms with van der Waals surface area (Å²) in [6.07, 6.45) is -3.30. The van der Waals surface area contributed by atoms with Gasteiger partial charge in [0.15, 0.2) is 0 Å². The molecule has 2 nitrogen and oxygen atoms in total. The summed E-state index contributed by atoms with van der Waals surface area (Å²) in [7, 11) is 0. The second-order valence-corrected chi connectivity index (χ2v) is 5.20. The zero-order valence-corrected chi connectivity index (χ0v) is 12.0. The number of rotatable bonds is 1. The van der Waals surface area contributed by atoms with Crippen molar-refractivity contribution >= 4 is 10.8 Å². The van der Waals surface area contributed by atoms with Crippen molar-refractivity contribution in [3.63, 3.8) is 0 Å². The molecule has 23 heavy (non-hydrogen) atoms. The molecule has 2 aromatic carbocycles.